The van der Waals surface area contributed by atoms with Crippen LogP contribution in [0.2, 0.25) is 5.02 Å². The molecule has 21 heavy (non-hydrogen) atoms. The van der Waals surface area contributed by atoms with Gasteiger partial charge in [0.15, 0.2) is 0 Å². The summed E-state index contributed by atoms with van der Waals surface area (Å²) in [4.78, 5) is 25.6. The van der Waals surface area contributed by atoms with Crippen molar-refractivity contribution in [1.29, 1.82) is 0 Å². The molecule has 0 bridgehead atoms. The van der Waals surface area contributed by atoms with Crippen molar-refractivity contribution in [2.75, 3.05) is 38.6 Å². The number of nitrogens with zero attached hydrogens (tertiary/aromatic N) is 1. The zero-order chi connectivity index (χ0) is 15.2. The van der Waals surface area contributed by atoms with E-state index in [9.17, 15) is 9.59 Å². The topological polar surface area (TPSA) is 84.7 Å². The SMILES string of the molecule is Nc1ccc(Cl)c(C(=O)NCCC(=O)N2CCOCC2)c1. The van der Waals surface area contributed by atoms with Gasteiger partial charge in [0, 0.05) is 31.7 Å². The van der Waals surface area contributed by atoms with Crippen molar-refractivity contribution in [3.05, 3.63) is 28.8 Å². The van der Waals surface area contributed by atoms with Crippen LogP contribution in [0.4, 0.5) is 5.69 Å². The van der Waals surface area contributed by atoms with E-state index in [-0.39, 0.29) is 24.8 Å². The zero-order valence-electron chi connectivity index (χ0n) is 11.6. The highest BCUT2D eigenvalue weighted by Gasteiger charge is 2.17. The first-order chi connectivity index (χ1) is 10.1. The molecule has 3 N–H and O–H groups in total. The highest BCUT2D eigenvalue weighted by atomic mass is 35.5. The minimum Gasteiger partial charge on any atom is -0.399 e. The van der Waals surface area contributed by atoms with Gasteiger partial charge in [-0.15, -0.1) is 0 Å². The maximum absolute atomic E-state index is 12.0. The third-order valence-corrected chi connectivity index (χ3v) is 3.55. The summed E-state index contributed by atoms with van der Waals surface area (Å²) in [5.41, 5.74) is 6.41. The highest BCUT2D eigenvalue weighted by molar-refractivity contribution is 6.34. The lowest BCUT2D eigenvalue weighted by Gasteiger charge is -2.26. The minimum absolute atomic E-state index is 0.0114. The summed E-state index contributed by atoms with van der Waals surface area (Å²) in [6, 6.07) is 4.72. The largest absolute Gasteiger partial charge is 0.399 e. The number of nitrogens with one attached hydrogen (secondary N) is 1. The summed E-state index contributed by atoms with van der Waals surface area (Å²) in [5.74, 6) is -0.320. The normalized spacial score (nSPS) is 14.8. The van der Waals surface area contributed by atoms with Gasteiger partial charge >= 0.3 is 0 Å². The Morgan fingerprint density at radius 2 is 2.05 bits per heavy atom. The lowest BCUT2D eigenvalue weighted by Crippen LogP contribution is -2.42. The predicted octanol–water partition coefficient (Wildman–Crippen LogP) is 0.901. The second kappa shape index (κ2) is 7.28. The molecule has 1 aliphatic heterocycles. The fraction of sp³-hybridized carbons (Fsp3) is 0.429. The average molecular weight is 312 g/mol. The standard InChI is InChI=1S/C14H18ClN3O3/c15-12-2-1-10(16)9-11(12)14(20)17-4-3-13(19)18-5-7-21-8-6-18/h1-2,9H,3-8,16H2,(H,17,20). The summed E-state index contributed by atoms with van der Waals surface area (Å²) in [6.07, 6.45) is 0.256. The lowest BCUT2D eigenvalue weighted by atomic mass is 10.2. The molecule has 1 aromatic carbocycles. The molecular weight excluding hydrogens is 294 g/mol. The van der Waals surface area contributed by atoms with E-state index in [0.717, 1.165) is 0 Å². The average Bonchev–Trinajstić information content (AvgIpc) is 2.50. The molecule has 1 saturated heterocycles. The number of anilines is 1. The second-order valence-electron chi connectivity index (χ2n) is 4.74. The fourth-order valence-electron chi connectivity index (χ4n) is 2.07. The Bertz CT molecular complexity index is 530. The number of rotatable bonds is 4. The van der Waals surface area contributed by atoms with Crippen LogP contribution in [0.25, 0.3) is 0 Å². The molecular formula is C14H18ClN3O3. The Morgan fingerprint density at radius 1 is 1.33 bits per heavy atom. The van der Waals surface area contributed by atoms with Crippen molar-refractivity contribution in [1.82, 2.24) is 10.2 Å². The quantitative estimate of drug-likeness (QED) is 0.809. The molecule has 0 radical (unpaired) electrons. The number of morpholine rings is 1. The number of carbonyl (C=O) groups is 2. The molecule has 1 fully saturated rings. The van der Waals surface area contributed by atoms with E-state index >= 15 is 0 Å². The van der Waals surface area contributed by atoms with Crippen LogP contribution in [-0.2, 0) is 9.53 Å². The van der Waals surface area contributed by atoms with Crippen LogP contribution in [0.15, 0.2) is 18.2 Å². The molecule has 2 rings (SSSR count). The predicted molar refractivity (Wildman–Crippen MR) is 80.2 cm³/mol. The first-order valence-electron chi connectivity index (χ1n) is 6.76. The van der Waals surface area contributed by atoms with Gasteiger partial charge in [0.2, 0.25) is 5.91 Å². The molecule has 1 heterocycles. The molecule has 0 aliphatic carbocycles. The molecule has 0 saturated carbocycles. The maximum Gasteiger partial charge on any atom is 0.252 e. The number of nitrogen functional groups attached to an aromatic ring is 1. The Hall–Kier alpha value is -1.79. The van der Waals surface area contributed by atoms with Gasteiger partial charge in [-0.3, -0.25) is 9.59 Å². The second-order valence-corrected chi connectivity index (χ2v) is 5.15. The van der Waals surface area contributed by atoms with Crippen molar-refractivity contribution < 1.29 is 14.3 Å². The van der Waals surface area contributed by atoms with Gasteiger partial charge in [0.1, 0.15) is 0 Å². The van der Waals surface area contributed by atoms with Crippen LogP contribution in [0, 0.1) is 0 Å². The first kappa shape index (κ1) is 15.6. The van der Waals surface area contributed by atoms with Crippen LogP contribution in [0.3, 0.4) is 0 Å². The van der Waals surface area contributed by atoms with Crippen LogP contribution >= 0.6 is 11.6 Å². The third kappa shape index (κ3) is 4.34. The summed E-state index contributed by atoms with van der Waals surface area (Å²) in [6.45, 7) is 2.61. The van der Waals surface area contributed by atoms with Gasteiger partial charge in [-0.2, -0.15) is 0 Å². The smallest absolute Gasteiger partial charge is 0.252 e. The van der Waals surface area contributed by atoms with E-state index < -0.39 is 0 Å². The van der Waals surface area contributed by atoms with Gasteiger partial charge in [0.25, 0.3) is 5.91 Å². The van der Waals surface area contributed by atoms with Gasteiger partial charge in [-0.1, -0.05) is 11.6 Å². The van der Waals surface area contributed by atoms with Crippen molar-refractivity contribution in [3.8, 4) is 0 Å². The molecule has 0 spiro atoms. The van der Waals surface area contributed by atoms with Crippen molar-refractivity contribution in [2.45, 2.75) is 6.42 Å². The van der Waals surface area contributed by atoms with Crippen molar-refractivity contribution in [3.63, 3.8) is 0 Å². The Balaban J connectivity index is 1.81. The molecule has 1 aliphatic rings. The fourth-order valence-corrected chi connectivity index (χ4v) is 2.27. The summed E-state index contributed by atoms with van der Waals surface area (Å²) >= 11 is 5.95. The Kier molecular flexibility index (Phi) is 5.41. The molecule has 2 amide bonds. The number of amides is 2. The number of hydrogen-bond donors (Lipinski definition) is 2. The molecule has 1 aromatic rings. The van der Waals surface area contributed by atoms with Gasteiger partial charge in [-0.05, 0) is 18.2 Å². The summed E-state index contributed by atoms with van der Waals surface area (Å²) < 4.78 is 5.18. The Morgan fingerprint density at radius 3 is 2.76 bits per heavy atom. The number of benzene rings is 1. The van der Waals surface area contributed by atoms with E-state index in [0.29, 0.717) is 42.6 Å². The number of halogens is 1. The first-order valence-corrected chi connectivity index (χ1v) is 7.14. The zero-order valence-corrected chi connectivity index (χ0v) is 12.4. The van der Waals surface area contributed by atoms with E-state index in [1.54, 1.807) is 17.0 Å². The molecule has 114 valence electrons. The molecule has 7 heteroatoms. The van der Waals surface area contributed by atoms with Crippen LogP contribution in [0.1, 0.15) is 16.8 Å². The molecule has 0 unspecified atom stereocenters. The maximum atomic E-state index is 12.0. The van der Waals surface area contributed by atoms with E-state index in [1.165, 1.54) is 6.07 Å². The summed E-state index contributed by atoms with van der Waals surface area (Å²) in [5, 5.41) is 3.01. The molecule has 0 aromatic heterocycles. The van der Waals surface area contributed by atoms with E-state index in [4.69, 9.17) is 22.1 Å². The van der Waals surface area contributed by atoms with Crippen molar-refractivity contribution in [2.24, 2.45) is 0 Å². The van der Waals surface area contributed by atoms with Gasteiger partial charge < -0.3 is 20.7 Å². The monoisotopic (exact) mass is 311 g/mol. The lowest BCUT2D eigenvalue weighted by molar-refractivity contribution is -0.135. The Labute approximate surface area is 128 Å². The van der Waals surface area contributed by atoms with Gasteiger partial charge in [-0.25, -0.2) is 0 Å². The molecule has 6 nitrogen and oxygen atoms in total. The number of hydrogen-bond acceptors (Lipinski definition) is 4. The summed E-state index contributed by atoms with van der Waals surface area (Å²) in [7, 11) is 0. The minimum atomic E-state index is -0.331. The number of nitrogens with two attached hydrogens (primary N) is 1. The van der Waals surface area contributed by atoms with Crippen LogP contribution < -0.4 is 11.1 Å². The van der Waals surface area contributed by atoms with Crippen molar-refractivity contribution >= 4 is 29.1 Å². The highest BCUT2D eigenvalue weighted by Crippen LogP contribution is 2.18. The number of ether oxygens (including phenoxy) is 1. The van der Waals surface area contributed by atoms with Crippen LogP contribution in [-0.4, -0.2) is 49.6 Å². The number of carbonyl (C=O) groups excluding carboxylic acids is 2. The van der Waals surface area contributed by atoms with Gasteiger partial charge in [0.05, 0.1) is 23.8 Å². The molecule has 0 atom stereocenters. The third-order valence-electron chi connectivity index (χ3n) is 3.22. The van der Waals surface area contributed by atoms with Crippen LogP contribution in [0.5, 0.6) is 0 Å². The van der Waals surface area contributed by atoms with E-state index in [2.05, 4.69) is 5.32 Å². The van der Waals surface area contributed by atoms with E-state index in [1.807, 2.05) is 0 Å².